The summed E-state index contributed by atoms with van der Waals surface area (Å²) in [6.07, 6.45) is 2.76. The Morgan fingerprint density at radius 2 is 1.26 bits per heavy atom. The topological polar surface area (TPSA) is 39.9 Å². The molecule has 0 bridgehead atoms. The van der Waals surface area contributed by atoms with Crippen LogP contribution in [-0.4, -0.2) is 14.5 Å². The van der Waals surface area contributed by atoms with Gasteiger partial charge < -0.3 is 4.74 Å². The number of hydrogen-bond donors (Lipinski definition) is 0. The minimum absolute atomic E-state index is 0.635. The monoisotopic (exact) mass is 639 g/mol. The van der Waals surface area contributed by atoms with Crippen molar-refractivity contribution in [2.24, 2.45) is 0 Å². The van der Waals surface area contributed by atoms with E-state index in [1.54, 1.807) is 0 Å². The number of ether oxygens (including phenoxy) is 1. The highest BCUT2D eigenvalue weighted by molar-refractivity contribution is 6.10. The maximum Gasteiger partial charge on any atom is 0.235 e. The molecule has 3 heterocycles. The molecule has 234 valence electrons. The lowest BCUT2D eigenvalue weighted by Crippen LogP contribution is -2.04. The standard InChI is InChI=1S/C46H29N3O/c1-2-13-32(14-3-1)43-23-11-16-34-28-42-39(29-44(34)50-43)37-18-7-9-22-41(37)49(42)46-47-40-21-8-6-19-38(40)45(48-46)33-26-24-31(25-27-33)36-20-10-15-30-12-4-5-17-35(30)36/h1-15,17-22,24-29H,16H2. The van der Waals surface area contributed by atoms with E-state index in [1.165, 1.54) is 21.9 Å². The van der Waals surface area contributed by atoms with Crippen molar-refractivity contribution < 1.29 is 4.74 Å². The summed E-state index contributed by atoms with van der Waals surface area (Å²) in [5.74, 6) is 2.20. The van der Waals surface area contributed by atoms with Crippen LogP contribution >= 0.6 is 0 Å². The predicted octanol–water partition coefficient (Wildman–Crippen LogP) is 11.3. The van der Waals surface area contributed by atoms with Crippen LogP contribution in [0.4, 0.5) is 0 Å². The number of nitrogens with zero attached hydrogens (tertiary/aromatic N) is 3. The van der Waals surface area contributed by atoms with E-state index in [0.29, 0.717) is 12.4 Å². The third-order valence-electron chi connectivity index (χ3n) is 9.71. The molecule has 0 spiro atoms. The van der Waals surface area contributed by atoms with Gasteiger partial charge in [0.2, 0.25) is 5.95 Å². The van der Waals surface area contributed by atoms with Gasteiger partial charge in [0, 0.05) is 39.3 Å². The summed E-state index contributed by atoms with van der Waals surface area (Å²) in [5.41, 5.74) is 12.8. The first kappa shape index (κ1) is 28.3. The first-order chi connectivity index (χ1) is 24.8. The molecular weight excluding hydrogens is 611 g/mol. The number of rotatable bonds is 4. The zero-order valence-electron chi connectivity index (χ0n) is 27.0. The van der Waals surface area contributed by atoms with Crippen LogP contribution < -0.4 is 4.74 Å². The lowest BCUT2D eigenvalue weighted by Gasteiger charge is -2.14. The average molecular weight is 640 g/mol. The first-order valence-electron chi connectivity index (χ1n) is 16.9. The van der Waals surface area contributed by atoms with Gasteiger partial charge in [-0.15, -0.1) is 0 Å². The number of hydrogen-bond acceptors (Lipinski definition) is 3. The molecule has 7 aromatic carbocycles. The van der Waals surface area contributed by atoms with Gasteiger partial charge in [-0.2, -0.15) is 0 Å². The molecule has 1 aliphatic rings. The van der Waals surface area contributed by atoms with Gasteiger partial charge in [-0.05, 0) is 52.2 Å². The Balaban J connectivity index is 1.13. The third kappa shape index (κ3) is 4.62. The van der Waals surface area contributed by atoms with Crippen LogP contribution in [0.5, 0.6) is 5.75 Å². The van der Waals surface area contributed by atoms with Crippen LogP contribution in [0.25, 0.3) is 77.6 Å². The van der Waals surface area contributed by atoms with Gasteiger partial charge >= 0.3 is 0 Å². The molecule has 0 N–H and O–H groups in total. The van der Waals surface area contributed by atoms with Gasteiger partial charge in [-0.3, -0.25) is 4.57 Å². The van der Waals surface area contributed by atoms with E-state index >= 15 is 0 Å². The van der Waals surface area contributed by atoms with Crippen LogP contribution in [0.1, 0.15) is 11.1 Å². The maximum absolute atomic E-state index is 6.55. The van der Waals surface area contributed by atoms with Crippen molar-refractivity contribution in [3.8, 4) is 34.1 Å². The summed E-state index contributed by atoms with van der Waals surface area (Å²) in [5, 5.41) is 5.70. The highest BCUT2D eigenvalue weighted by atomic mass is 16.5. The minimum Gasteiger partial charge on any atom is -0.448 e. The van der Waals surface area contributed by atoms with Gasteiger partial charge in [0.25, 0.3) is 0 Å². The van der Waals surface area contributed by atoms with Crippen molar-refractivity contribution in [1.29, 1.82) is 0 Å². The Hall–Kier alpha value is -6.74. The van der Waals surface area contributed by atoms with Crippen molar-refractivity contribution in [2.45, 2.75) is 6.42 Å². The molecule has 1 aliphatic heterocycles. The van der Waals surface area contributed by atoms with E-state index in [4.69, 9.17) is 14.7 Å². The summed E-state index contributed by atoms with van der Waals surface area (Å²) in [6.45, 7) is 0. The number of fused-ring (bicyclic) bond motifs is 6. The van der Waals surface area contributed by atoms with Crippen LogP contribution in [-0.2, 0) is 6.42 Å². The van der Waals surface area contributed by atoms with Gasteiger partial charge in [-0.1, -0.05) is 139 Å². The molecule has 4 nitrogen and oxygen atoms in total. The van der Waals surface area contributed by atoms with Crippen molar-refractivity contribution in [1.82, 2.24) is 14.5 Å². The molecule has 0 radical (unpaired) electrons. The zero-order valence-corrected chi connectivity index (χ0v) is 27.0. The number of para-hydroxylation sites is 2. The van der Waals surface area contributed by atoms with Crippen LogP contribution in [0.15, 0.2) is 170 Å². The maximum atomic E-state index is 6.55. The summed E-state index contributed by atoms with van der Waals surface area (Å²) >= 11 is 0. The Bertz CT molecular complexity index is 2840. The van der Waals surface area contributed by atoms with Crippen molar-refractivity contribution in [2.75, 3.05) is 0 Å². The lowest BCUT2D eigenvalue weighted by atomic mass is 9.96. The predicted molar refractivity (Wildman–Crippen MR) is 205 cm³/mol. The fourth-order valence-electron chi connectivity index (χ4n) is 7.30. The average Bonchev–Trinajstić information content (AvgIpc) is 3.34. The second kappa shape index (κ2) is 11.5. The van der Waals surface area contributed by atoms with E-state index < -0.39 is 0 Å². The molecule has 2 aromatic heterocycles. The Morgan fingerprint density at radius 3 is 2.14 bits per heavy atom. The SMILES string of the molecule is C1=CCc2cc3c(cc2OC=1c1ccccc1)c1ccccc1n3-c1nc(-c2ccc(-c3cccc4ccccc34)cc2)c2ccccc2n1. The van der Waals surface area contributed by atoms with Crippen LogP contribution in [0, 0.1) is 0 Å². The van der Waals surface area contributed by atoms with E-state index in [-0.39, 0.29) is 0 Å². The molecule has 50 heavy (non-hydrogen) atoms. The fourth-order valence-corrected chi connectivity index (χ4v) is 7.30. The molecule has 4 heteroatoms. The second-order valence-electron chi connectivity index (χ2n) is 12.7. The molecular formula is C46H29N3O. The lowest BCUT2D eigenvalue weighted by molar-refractivity contribution is 0.513. The normalized spacial score (nSPS) is 12.6. The number of benzene rings is 7. The number of aromatic nitrogens is 3. The largest absolute Gasteiger partial charge is 0.448 e. The molecule has 0 aliphatic carbocycles. The first-order valence-corrected chi connectivity index (χ1v) is 16.9. The van der Waals surface area contributed by atoms with Crippen LogP contribution in [0.2, 0.25) is 0 Å². The van der Waals surface area contributed by atoms with E-state index in [2.05, 4.69) is 150 Å². The number of allylic oxidation sites excluding steroid dienone is 1. The molecule has 0 saturated carbocycles. The second-order valence-corrected chi connectivity index (χ2v) is 12.7. The van der Waals surface area contributed by atoms with E-state index in [0.717, 1.165) is 66.6 Å². The van der Waals surface area contributed by atoms with Crippen molar-refractivity contribution in [3.63, 3.8) is 0 Å². The Labute approximate surface area is 288 Å². The summed E-state index contributed by atoms with van der Waals surface area (Å²) < 4.78 is 8.75. The summed E-state index contributed by atoms with van der Waals surface area (Å²) in [7, 11) is 0. The molecule has 10 rings (SSSR count). The highest BCUT2D eigenvalue weighted by Crippen LogP contribution is 2.39. The fraction of sp³-hybridized carbons (Fsp3) is 0.0217. The minimum atomic E-state index is 0.635. The van der Waals surface area contributed by atoms with E-state index in [9.17, 15) is 0 Å². The molecule has 0 unspecified atom stereocenters. The van der Waals surface area contributed by atoms with Gasteiger partial charge in [0.05, 0.1) is 22.2 Å². The van der Waals surface area contributed by atoms with Crippen molar-refractivity contribution >= 4 is 49.2 Å². The zero-order chi connectivity index (χ0) is 33.0. The molecule has 0 amide bonds. The van der Waals surface area contributed by atoms with Gasteiger partial charge in [0.1, 0.15) is 5.75 Å². The molecule has 0 atom stereocenters. The van der Waals surface area contributed by atoms with Gasteiger partial charge in [0.15, 0.2) is 5.76 Å². The van der Waals surface area contributed by atoms with Crippen molar-refractivity contribution in [3.05, 3.63) is 181 Å². The summed E-state index contributed by atoms with van der Waals surface area (Å²) in [4.78, 5) is 10.5. The quantitative estimate of drug-likeness (QED) is 0.180. The molecule has 0 fully saturated rings. The molecule has 0 saturated heterocycles. The summed E-state index contributed by atoms with van der Waals surface area (Å²) in [6, 6.07) is 55.1. The Morgan fingerprint density at radius 1 is 0.540 bits per heavy atom. The van der Waals surface area contributed by atoms with Gasteiger partial charge in [-0.25, -0.2) is 9.97 Å². The third-order valence-corrected chi connectivity index (χ3v) is 9.71. The highest BCUT2D eigenvalue weighted by Gasteiger charge is 2.21. The molecule has 9 aromatic rings. The van der Waals surface area contributed by atoms with E-state index in [1.807, 2.05) is 24.3 Å². The Kier molecular flexibility index (Phi) is 6.48. The smallest absolute Gasteiger partial charge is 0.235 e. The van der Waals surface area contributed by atoms with Crippen LogP contribution in [0.3, 0.4) is 0 Å².